The molecule has 0 radical (unpaired) electrons. The number of nitrogens with zero attached hydrogens (tertiary/aromatic N) is 5. The third-order valence-electron chi connectivity index (χ3n) is 4.32. The maximum Gasteiger partial charge on any atom is 0.437 e. The molecule has 4 aromatic rings. The second kappa shape index (κ2) is 8.07. The molecule has 0 spiro atoms. The molecular weight excluding hydrogens is 418 g/mol. The summed E-state index contributed by atoms with van der Waals surface area (Å²) in [6, 6.07) is 9.23. The first kappa shape index (κ1) is 19.8. The van der Waals surface area contributed by atoms with E-state index in [9.17, 15) is 13.6 Å². The van der Waals surface area contributed by atoms with Crippen LogP contribution in [0, 0.1) is 5.82 Å². The highest BCUT2D eigenvalue weighted by Gasteiger charge is 2.17. The Hall–Kier alpha value is -3.53. The highest BCUT2D eigenvalue weighted by atomic mass is 35.5. The third-order valence-corrected chi connectivity index (χ3v) is 4.68. The maximum atomic E-state index is 13.9. The number of anilines is 1. The zero-order valence-electron chi connectivity index (χ0n) is 15.6. The third kappa shape index (κ3) is 3.81. The highest BCUT2D eigenvalue weighted by Crippen LogP contribution is 2.22. The van der Waals surface area contributed by atoms with Gasteiger partial charge in [-0.05, 0) is 30.3 Å². The number of hydrogen-bond acceptors (Lipinski definition) is 6. The van der Waals surface area contributed by atoms with Crippen molar-refractivity contribution in [1.82, 2.24) is 24.5 Å². The molecule has 8 nitrogen and oxygen atoms in total. The molecule has 3 aromatic heterocycles. The van der Waals surface area contributed by atoms with Crippen LogP contribution in [0.5, 0.6) is 0 Å². The van der Waals surface area contributed by atoms with Crippen LogP contribution in [0.25, 0.3) is 17.4 Å². The zero-order chi connectivity index (χ0) is 21.3. The average Bonchev–Trinajstić information content (AvgIpc) is 3.31. The molecule has 0 bridgehead atoms. The largest absolute Gasteiger partial charge is 0.437 e. The lowest BCUT2D eigenvalue weighted by Gasteiger charge is -2.10. The van der Waals surface area contributed by atoms with Crippen LogP contribution in [0.3, 0.4) is 0 Å². The standard InChI is InChI=1S/C19H15ClF2N6O2/c1-27-19(29)30-18(26-27)16-7-12(8-21)28(25-16)17-6-5-11(9-24-17)23-10-13-14(20)3-2-4-15(13)22/h2-7,9,23H,8,10H2,1H3. The van der Waals surface area contributed by atoms with E-state index in [0.717, 1.165) is 4.68 Å². The number of benzene rings is 1. The minimum Gasteiger partial charge on any atom is -0.386 e. The summed E-state index contributed by atoms with van der Waals surface area (Å²) in [5.74, 6) is -0.722. The lowest BCUT2D eigenvalue weighted by Crippen LogP contribution is -2.09. The Labute approximate surface area is 173 Å². The molecule has 0 saturated carbocycles. The Kier molecular flexibility index (Phi) is 5.32. The molecular formula is C19H15ClF2N6O2. The predicted molar refractivity (Wildman–Crippen MR) is 106 cm³/mol. The fraction of sp³-hybridized carbons (Fsp3) is 0.158. The maximum absolute atomic E-state index is 13.9. The van der Waals surface area contributed by atoms with Gasteiger partial charge in [-0.2, -0.15) is 9.78 Å². The fourth-order valence-electron chi connectivity index (χ4n) is 2.78. The van der Waals surface area contributed by atoms with Gasteiger partial charge >= 0.3 is 5.76 Å². The molecule has 11 heteroatoms. The Morgan fingerprint density at radius 3 is 2.70 bits per heavy atom. The van der Waals surface area contributed by atoms with Gasteiger partial charge in [-0.15, -0.1) is 5.10 Å². The zero-order valence-corrected chi connectivity index (χ0v) is 16.4. The Balaban J connectivity index is 1.56. The lowest BCUT2D eigenvalue weighted by atomic mass is 10.2. The van der Waals surface area contributed by atoms with Gasteiger partial charge in [0, 0.05) is 24.2 Å². The molecule has 0 unspecified atom stereocenters. The Morgan fingerprint density at radius 2 is 2.07 bits per heavy atom. The summed E-state index contributed by atoms with van der Waals surface area (Å²) in [5.41, 5.74) is 1.38. The normalized spacial score (nSPS) is 11.1. The summed E-state index contributed by atoms with van der Waals surface area (Å²) in [4.78, 5) is 15.7. The van der Waals surface area contributed by atoms with Gasteiger partial charge in [0.05, 0.1) is 17.6 Å². The molecule has 0 atom stereocenters. The summed E-state index contributed by atoms with van der Waals surface area (Å²) >= 11 is 6.02. The van der Waals surface area contributed by atoms with Crippen molar-refractivity contribution in [2.45, 2.75) is 13.2 Å². The van der Waals surface area contributed by atoms with E-state index in [1.54, 1.807) is 18.2 Å². The van der Waals surface area contributed by atoms with Crippen LogP contribution in [0.1, 0.15) is 11.3 Å². The summed E-state index contributed by atoms with van der Waals surface area (Å²) in [6.07, 6.45) is 1.51. The van der Waals surface area contributed by atoms with E-state index in [2.05, 4.69) is 20.5 Å². The summed E-state index contributed by atoms with van der Waals surface area (Å²) in [7, 11) is 1.43. The molecule has 154 valence electrons. The van der Waals surface area contributed by atoms with E-state index in [1.807, 2.05) is 0 Å². The minimum atomic E-state index is -0.808. The molecule has 0 aliphatic heterocycles. The number of nitrogens with one attached hydrogen (secondary N) is 1. The number of alkyl halides is 1. The van der Waals surface area contributed by atoms with Crippen molar-refractivity contribution >= 4 is 17.3 Å². The number of rotatable bonds is 6. The van der Waals surface area contributed by atoms with Crippen LogP contribution in [0.2, 0.25) is 5.02 Å². The number of halogens is 3. The quantitative estimate of drug-likeness (QED) is 0.501. The van der Waals surface area contributed by atoms with Gasteiger partial charge in [0.15, 0.2) is 11.5 Å². The SMILES string of the molecule is Cn1nc(-c2cc(CF)n(-c3ccc(NCc4c(F)cccc4Cl)cn3)n2)oc1=O. The minimum absolute atomic E-state index is 0.0176. The molecule has 0 aliphatic rings. The van der Waals surface area contributed by atoms with E-state index >= 15 is 0 Å². The summed E-state index contributed by atoms with van der Waals surface area (Å²) < 4.78 is 34.6. The molecule has 1 N–H and O–H groups in total. The van der Waals surface area contributed by atoms with E-state index in [-0.39, 0.29) is 23.8 Å². The van der Waals surface area contributed by atoms with Gasteiger partial charge in [-0.1, -0.05) is 17.7 Å². The second-order valence-corrected chi connectivity index (χ2v) is 6.73. The van der Waals surface area contributed by atoms with Crippen LogP contribution >= 0.6 is 11.6 Å². The van der Waals surface area contributed by atoms with Crippen molar-refractivity contribution in [3.8, 4) is 17.4 Å². The molecule has 4 rings (SSSR count). The molecule has 0 saturated heterocycles. The van der Waals surface area contributed by atoms with Crippen molar-refractivity contribution in [3.05, 3.63) is 75.2 Å². The van der Waals surface area contributed by atoms with E-state index in [1.165, 1.54) is 36.1 Å². The van der Waals surface area contributed by atoms with Gasteiger partial charge in [0.2, 0.25) is 0 Å². The first-order valence-corrected chi connectivity index (χ1v) is 9.16. The predicted octanol–water partition coefficient (Wildman–Crippen LogP) is 3.50. The number of aromatic nitrogens is 5. The molecule has 30 heavy (non-hydrogen) atoms. The number of pyridine rings is 1. The van der Waals surface area contributed by atoms with Crippen molar-refractivity contribution in [2.24, 2.45) is 7.05 Å². The first-order chi connectivity index (χ1) is 14.5. The van der Waals surface area contributed by atoms with E-state index in [4.69, 9.17) is 16.0 Å². The van der Waals surface area contributed by atoms with Crippen molar-refractivity contribution in [3.63, 3.8) is 0 Å². The second-order valence-electron chi connectivity index (χ2n) is 6.32. The average molecular weight is 433 g/mol. The topological polar surface area (TPSA) is 90.8 Å². The Morgan fingerprint density at radius 1 is 1.23 bits per heavy atom. The lowest BCUT2D eigenvalue weighted by molar-refractivity contribution is 0.465. The summed E-state index contributed by atoms with van der Waals surface area (Å²) in [6.45, 7) is -0.635. The van der Waals surface area contributed by atoms with Crippen LogP contribution in [-0.2, 0) is 20.3 Å². The number of hydrogen-bond donors (Lipinski definition) is 1. The Bertz CT molecular complexity index is 1230. The van der Waals surface area contributed by atoms with Gasteiger partial charge in [0.25, 0.3) is 5.89 Å². The molecule has 0 fully saturated rings. The smallest absolute Gasteiger partial charge is 0.386 e. The molecule has 1 aromatic carbocycles. The molecule has 3 heterocycles. The van der Waals surface area contributed by atoms with Gasteiger partial charge in [0.1, 0.15) is 12.5 Å². The first-order valence-electron chi connectivity index (χ1n) is 8.79. The summed E-state index contributed by atoms with van der Waals surface area (Å²) in [5, 5.41) is 11.5. The van der Waals surface area contributed by atoms with E-state index in [0.29, 0.717) is 22.1 Å². The van der Waals surface area contributed by atoms with Gasteiger partial charge < -0.3 is 9.73 Å². The number of aryl methyl sites for hydroxylation is 1. The van der Waals surface area contributed by atoms with E-state index < -0.39 is 18.2 Å². The van der Waals surface area contributed by atoms with Gasteiger partial charge in [-0.25, -0.2) is 23.2 Å². The molecule has 0 aliphatic carbocycles. The van der Waals surface area contributed by atoms with Crippen LogP contribution in [-0.4, -0.2) is 24.5 Å². The van der Waals surface area contributed by atoms with Crippen LogP contribution in [0.15, 0.2) is 51.8 Å². The highest BCUT2D eigenvalue weighted by molar-refractivity contribution is 6.31. The van der Waals surface area contributed by atoms with Crippen LogP contribution < -0.4 is 11.1 Å². The van der Waals surface area contributed by atoms with Crippen LogP contribution in [0.4, 0.5) is 14.5 Å². The molecule has 0 amide bonds. The fourth-order valence-corrected chi connectivity index (χ4v) is 3.00. The monoisotopic (exact) mass is 432 g/mol. The van der Waals surface area contributed by atoms with Crippen molar-refractivity contribution < 1.29 is 13.2 Å². The van der Waals surface area contributed by atoms with Crippen molar-refractivity contribution in [2.75, 3.05) is 5.32 Å². The van der Waals surface area contributed by atoms with Gasteiger partial charge in [-0.3, -0.25) is 0 Å². The van der Waals surface area contributed by atoms with Crippen molar-refractivity contribution in [1.29, 1.82) is 0 Å².